The van der Waals surface area contributed by atoms with E-state index in [4.69, 9.17) is 4.74 Å². The highest BCUT2D eigenvalue weighted by Gasteiger charge is 2.11. The Bertz CT molecular complexity index is 347. The second-order valence-electron chi connectivity index (χ2n) is 4.00. The average Bonchev–Trinajstić information content (AvgIpc) is 2.38. The van der Waals surface area contributed by atoms with E-state index in [1.54, 1.807) is 24.3 Å². The second-order valence-corrected chi connectivity index (χ2v) is 4.00. The summed E-state index contributed by atoms with van der Waals surface area (Å²) in [5.41, 5.74) is 0.907. The number of carbonyl (C=O) groups is 1. The van der Waals surface area contributed by atoms with Crippen LogP contribution >= 0.6 is 0 Å². The van der Waals surface area contributed by atoms with Crippen LogP contribution in [0.1, 0.15) is 48.5 Å². The highest BCUT2D eigenvalue weighted by atomic mass is 16.5. The van der Waals surface area contributed by atoms with Gasteiger partial charge in [-0.05, 0) is 18.1 Å². The summed E-state index contributed by atoms with van der Waals surface area (Å²) in [4.78, 5) is 11.7. The zero-order chi connectivity index (χ0) is 12.5. The first-order chi connectivity index (χ1) is 8.29. The van der Waals surface area contributed by atoms with Crippen LogP contribution in [0.3, 0.4) is 0 Å². The van der Waals surface area contributed by atoms with Crippen LogP contribution in [0.5, 0.6) is 0 Å². The van der Waals surface area contributed by atoms with Gasteiger partial charge in [0.15, 0.2) is 0 Å². The molecule has 1 aromatic carbocycles. The molecule has 17 heavy (non-hydrogen) atoms. The molecule has 93 valence electrons. The molecule has 0 aliphatic carbocycles. The Labute approximate surface area is 102 Å². The molecule has 0 aliphatic rings. The quantitative estimate of drug-likeness (QED) is 0.537. The number of ether oxygens (including phenoxy) is 1. The smallest absolute Gasteiger partial charge is 0.338 e. The number of hydrogen-bond acceptors (Lipinski definition) is 2. The third kappa shape index (κ3) is 4.57. The standard InChI is InChI=1S/C14H19O3/c1-2-3-4-7-10-17-14(16)13-9-6-5-8-12(13)11-15/h5-6,8-9H,2-4,7,10-11H2,1H3. The molecule has 0 fully saturated rings. The summed E-state index contributed by atoms with van der Waals surface area (Å²) in [5, 5.41) is 10.9. The van der Waals surface area contributed by atoms with Crippen LogP contribution in [0, 0.1) is 0 Å². The van der Waals surface area contributed by atoms with Gasteiger partial charge in [-0.1, -0.05) is 44.4 Å². The molecule has 3 heteroatoms. The predicted molar refractivity (Wildman–Crippen MR) is 65.3 cm³/mol. The van der Waals surface area contributed by atoms with E-state index < -0.39 is 0 Å². The third-order valence-corrected chi connectivity index (χ3v) is 2.62. The van der Waals surface area contributed by atoms with Gasteiger partial charge < -0.3 is 4.74 Å². The summed E-state index contributed by atoms with van der Waals surface area (Å²) in [5.74, 6) is -0.382. The van der Waals surface area contributed by atoms with Gasteiger partial charge in [-0.3, -0.25) is 0 Å². The molecular weight excluding hydrogens is 216 g/mol. The summed E-state index contributed by atoms with van der Waals surface area (Å²) in [6.07, 6.45) is 4.29. The molecule has 0 saturated carbocycles. The second kappa shape index (κ2) is 7.85. The van der Waals surface area contributed by atoms with Gasteiger partial charge in [0.2, 0.25) is 0 Å². The minimum Gasteiger partial charge on any atom is -0.462 e. The zero-order valence-electron chi connectivity index (χ0n) is 10.3. The van der Waals surface area contributed by atoms with Crippen molar-refractivity contribution >= 4 is 5.97 Å². The fraction of sp³-hybridized carbons (Fsp3) is 0.500. The lowest BCUT2D eigenvalue weighted by atomic mass is 10.1. The first-order valence-corrected chi connectivity index (χ1v) is 6.12. The molecule has 0 aromatic heterocycles. The van der Waals surface area contributed by atoms with Crippen LogP contribution in [0.15, 0.2) is 24.3 Å². The zero-order valence-corrected chi connectivity index (χ0v) is 10.3. The summed E-state index contributed by atoms with van der Waals surface area (Å²) >= 11 is 0. The maximum Gasteiger partial charge on any atom is 0.338 e. The highest BCUT2D eigenvalue weighted by Crippen LogP contribution is 2.11. The van der Waals surface area contributed by atoms with E-state index >= 15 is 0 Å². The Morgan fingerprint density at radius 1 is 1.18 bits per heavy atom. The molecule has 0 amide bonds. The molecule has 0 bridgehead atoms. The Balaban J connectivity index is 2.41. The van der Waals surface area contributed by atoms with Crippen LogP contribution in [0.2, 0.25) is 0 Å². The SMILES string of the molecule is CCCCCCOC(=O)c1ccccc1C[O]. The van der Waals surface area contributed by atoms with Gasteiger partial charge in [-0.25, -0.2) is 9.90 Å². The highest BCUT2D eigenvalue weighted by molar-refractivity contribution is 5.91. The Kier molecular flexibility index (Phi) is 6.33. The molecule has 0 spiro atoms. The van der Waals surface area contributed by atoms with Gasteiger partial charge in [0.05, 0.1) is 12.2 Å². The average molecular weight is 235 g/mol. The molecule has 0 N–H and O–H groups in total. The van der Waals surface area contributed by atoms with Crippen LogP contribution in [0.25, 0.3) is 0 Å². The van der Waals surface area contributed by atoms with Crippen molar-refractivity contribution in [2.24, 2.45) is 0 Å². The van der Waals surface area contributed by atoms with Crippen LogP contribution in [-0.2, 0) is 16.5 Å². The number of unbranched alkanes of at least 4 members (excludes halogenated alkanes) is 3. The van der Waals surface area contributed by atoms with Crippen LogP contribution in [-0.4, -0.2) is 12.6 Å². The van der Waals surface area contributed by atoms with Crippen molar-refractivity contribution < 1.29 is 14.6 Å². The first kappa shape index (κ1) is 13.7. The minimum atomic E-state index is -0.388. The summed E-state index contributed by atoms with van der Waals surface area (Å²) in [6.45, 7) is 2.18. The Hall–Kier alpha value is -1.35. The Morgan fingerprint density at radius 3 is 2.65 bits per heavy atom. The predicted octanol–water partition coefficient (Wildman–Crippen LogP) is 3.35. The summed E-state index contributed by atoms with van der Waals surface area (Å²) < 4.78 is 5.14. The fourth-order valence-electron chi connectivity index (χ4n) is 1.62. The lowest BCUT2D eigenvalue weighted by molar-refractivity contribution is 0.0492. The van der Waals surface area contributed by atoms with E-state index in [1.807, 2.05) is 0 Å². The molecular formula is C14H19O3. The molecule has 1 aromatic rings. The number of rotatable bonds is 7. The van der Waals surface area contributed by atoms with Gasteiger partial charge >= 0.3 is 5.97 Å². The van der Waals surface area contributed by atoms with E-state index in [2.05, 4.69) is 6.92 Å². The lowest BCUT2D eigenvalue weighted by Crippen LogP contribution is -2.09. The molecule has 3 nitrogen and oxygen atoms in total. The summed E-state index contributed by atoms with van der Waals surface area (Å²) in [7, 11) is 0. The number of carbonyl (C=O) groups excluding carboxylic acids is 1. The topological polar surface area (TPSA) is 46.2 Å². The third-order valence-electron chi connectivity index (χ3n) is 2.62. The van der Waals surface area contributed by atoms with E-state index in [0.29, 0.717) is 17.7 Å². The van der Waals surface area contributed by atoms with Crippen molar-refractivity contribution in [3.8, 4) is 0 Å². The van der Waals surface area contributed by atoms with E-state index in [0.717, 1.165) is 25.7 Å². The number of benzene rings is 1. The van der Waals surface area contributed by atoms with Gasteiger partial charge in [0, 0.05) is 0 Å². The maximum absolute atomic E-state index is 11.7. The Morgan fingerprint density at radius 2 is 1.94 bits per heavy atom. The van der Waals surface area contributed by atoms with Crippen LogP contribution in [0.4, 0.5) is 0 Å². The molecule has 0 atom stereocenters. The van der Waals surface area contributed by atoms with Crippen molar-refractivity contribution in [3.63, 3.8) is 0 Å². The van der Waals surface area contributed by atoms with Crippen molar-refractivity contribution in [2.45, 2.75) is 39.2 Å². The molecule has 0 saturated heterocycles. The largest absolute Gasteiger partial charge is 0.462 e. The molecule has 1 radical (unpaired) electrons. The van der Waals surface area contributed by atoms with Gasteiger partial charge in [0.25, 0.3) is 0 Å². The maximum atomic E-state index is 11.7. The van der Waals surface area contributed by atoms with Gasteiger partial charge in [-0.15, -0.1) is 0 Å². The monoisotopic (exact) mass is 235 g/mol. The van der Waals surface area contributed by atoms with E-state index in [1.165, 1.54) is 0 Å². The van der Waals surface area contributed by atoms with Gasteiger partial charge in [-0.2, -0.15) is 0 Å². The summed E-state index contributed by atoms with van der Waals surface area (Å²) in [6, 6.07) is 6.81. The van der Waals surface area contributed by atoms with Crippen molar-refractivity contribution in [3.05, 3.63) is 35.4 Å². The fourth-order valence-corrected chi connectivity index (χ4v) is 1.62. The van der Waals surface area contributed by atoms with E-state index in [-0.39, 0.29) is 12.6 Å². The molecule has 0 unspecified atom stereocenters. The van der Waals surface area contributed by atoms with Gasteiger partial charge in [0.1, 0.15) is 6.61 Å². The molecule has 0 heterocycles. The van der Waals surface area contributed by atoms with E-state index in [9.17, 15) is 9.90 Å². The lowest BCUT2D eigenvalue weighted by Gasteiger charge is -2.07. The first-order valence-electron chi connectivity index (χ1n) is 6.12. The minimum absolute atomic E-state index is 0.382. The van der Waals surface area contributed by atoms with Crippen molar-refractivity contribution in [1.29, 1.82) is 0 Å². The number of esters is 1. The normalized spacial score (nSPS) is 10.2. The van der Waals surface area contributed by atoms with Crippen LogP contribution < -0.4 is 0 Å². The van der Waals surface area contributed by atoms with Crippen molar-refractivity contribution in [2.75, 3.05) is 6.61 Å². The molecule has 1 rings (SSSR count). The number of hydrogen-bond donors (Lipinski definition) is 0. The molecule has 0 aliphatic heterocycles. The van der Waals surface area contributed by atoms with Crippen molar-refractivity contribution in [1.82, 2.24) is 0 Å².